The van der Waals surface area contributed by atoms with E-state index in [1.54, 1.807) is 11.3 Å². The van der Waals surface area contributed by atoms with Gasteiger partial charge in [0.1, 0.15) is 0 Å². The molecule has 0 radical (unpaired) electrons. The fourth-order valence-corrected chi connectivity index (χ4v) is 4.71. The largest absolute Gasteiger partial charge is 0.342 e. The topological polar surface area (TPSA) is 37.6 Å². The summed E-state index contributed by atoms with van der Waals surface area (Å²) < 4.78 is 2.07. The summed E-state index contributed by atoms with van der Waals surface area (Å²) in [5.41, 5.74) is 3.10. The number of amides is 1. The SMILES string of the molecule is C[C@@H]1C[C@H](C)CN(C(=O)Cc2csc3nc(-c4ccccc4)cn23)C1. The number of likely N-dealkylation sites (tertiary alicyclic amines) is 1. The van der Waals surface area contributed by atoms with E-state index in [0.717, 1.165) is 35.0 Å². The molecule has 1 saturated heterocycles. The van der Waals surface area contributed by atoms with Crippen LogP contribution in [0.25, 0.3) is 16.2 Å². The first-order valence-electron chi connectivity index (χ1n) is 8.89. The van der Waals surface area contributed by atoms with Gasteiger partial charge in [-0.2, -0.15) is 0 Å². The van der Waals surface area contributed by atoms with Crippen LogP contribution in [0.15, 0.2) is 41.9 Å². The van der Waals surface area contributed by atoms with E-state index in [2.05, 4.69) is 35.8 Å². The molecule has 1 aliphatic heterocycles. The Bertz CT molecular complexity index is 873. The Morgan fingerprint density at radius 3 is 2.64 bits per heavy atom. The summed E-state index contributed by atoms with van der Waals surface area (Å²) in [7, 11) is 0. The second-order valence-corrected chi connectivity index (χ2v) is 8.13. The van der Waals surface area contributed by atoms with Crippen LogP contribution in [0.2, 0.25) is 0 Å². The highest BCUT2D eigenvalue weighted by Crippen LogP contribution is 2.25. The summed E-state index contributed by atoms with van der Waals surface area (Å²) in [6, 6.07) is 10.2. The van der Waals surface area contributed by atoms with Gasteiger partial charge in [0.15, 0.2) is 4.96 Å². The van der Waals surface area contributed by atoms with E-state index in [1.165, 1.54) is 6.42 Å². The molecular weight excluding hydrogens is 330 g/mol. The van der Waals surface area contributed by atoms with Crippen LogP contribution in [0.1, 0.15) is 26.0 Å². The van der Waals surface area contributed by atoms with Gasteiger partial charge >= 0.3 is 0 Å². The Kier molecular flexibility index (Phi) is 4.34. The van der Waals surface area contributed by atoms with Gasteiger partial charge in [-0.1, -0.05) is 44.2 Å². The lowest BCUT2D eigenvalue weighted by Gasteiger charge is -2.35. The quantitative estimate of drug-likeness (QED) is 0.711. The molecule has 2 atom stereocenters. The molecule has 1 amide bonds. The van der Waals surface area contributed by atoms with Crippen molar-refractivity contribution in [1.82, 2.24) is 14.3 Å². The third-order valence-electron chi connectivity index (χ3n) is 4.91. The van der Waals surface area contributed by atoms with Crippen LogP contribution in [0.4, 0.5) is 0 Å². The molecule has 25 heavy (non-hydrogen) atoms. The van der Waals surface area contributed by atoms with E-state index >= 15 is 0 Å². The number of imidazole rings is 1. The predicted molar refractivity (Wildman–Crippen MR) is 102 cm³/mol. The zero-order chi connectivity index (χ0) is 17.4. The van der Waals surface area contributed by atoms with Gasteiger partial charge in [-0.3, -0.25) is 9.20 Å². The zero-order valence-electron chi connectivity index (χ0n) is 14.7. The molecular formula is C20H23N3OS. The lowest BCUT2D eigenvalue weighted by molar-refractivity contribution is -0.133. The number of hydrogen-bond acceptors (Lipinski definition) is 3. The van der Waals surface area contributed by atoms with Crippen LogP contribution < -0.4 is 0 Å². The van der Waals surface area contributed by atoms with Crippen molar-refractivity contribution in [3.63, 3.8) is 0 Å². The highest BCUT2D eigenvalue weighted by Gasteiger charge is 2.26. The van der Waals surface area contributed by atoms with Crippen LogP contribution in [-0.4, -0.2) is 33.3 Å². The third-order valence-corrected chi connectivity index (χ3v) is 5.80. The molecule has 4 rings (SSSR count). The Hall–Kier alpha value is -2.14. The predicted octanol–water partition coefficient (Wildman–Crippen LogP) is 4.11. The number of benzene rings is 1. The van der Waals surface area contributed by atoms with Gasteiger partial charge in [0.2, 0.25) is 5.91 Å². The minimum atomic E-state index is 0.230. The van der Waals surface area contributed by atoms with E-state index in [4.69, 9.17) is 4.98 Å². The Morgan fingerprint density at radius 2 is 1.92 bits per heavy atom. The van der Waals surface area contributed by atoms with E-state index in [1.807, 2.05) is 29.3 Å². The standard InChI is InChI=1S/C20H23N3OS/c1-14-8-15(2)11-22(10-14)19(24)9-17-13-25-20-21-18(12-23(17)20)16-6-4-3-5-7-16/h3-7,12-15H,8-11H2,1-2H3/t14-,15+. The van der Waals surface area contributed by atoms with Gasteiger partial charge in [0.05, 0.1) is 12.1 Å². The number of thiazole rings is 1. The smallest absolute Gasteiger partial charge is 0.228 e. The van der Waals surface area contributed by atoms with Crippen molar-refractivity contribution < 1.29 is 4.79 Å². The zero-order valence-corrected chi connectivity index (χ0v) is 15.5. The Labute approximate surface area is 152 Å². The van der Waals surface area contributed by atoms with Gasteiger partial charge in [0.25, 0.3) is 0 Å². The van der Waals surface area contributed by atoms with Crippen molar-refractivity contribution in [2.75, 3.05) is 13.1 Å². The van der Waals surface area contributed by atoms with Crippen molar-refractivity contribution in [3.05, 3.63) is 47.6 Å². The molecule has 0 spiro atoms. The van der Waals surface area contributed by atoms with Crippen molar-refractivity contribution >= 4 is 22.2 Å². The molecule has 4 nitrogen and oxygen atoms in total. The lowest BCUT2D eigenvalue weighted by Crippen LogP contribution is -2.43. The number of fused-ring (bicyclic) bond motifs is 1. The molecule has 1 aliphatic rings. The van der Waals surface area contributed by atoms with Crippen LogP contribution in [0.5, 0.6) is 0 Å². The number of hydrogen-bond donors (Lipinski definition) is 0. The summed E-state index contributed by atoms with van der Waals surface area (Å²) >= 11 is 1.60. The van der Waals surface area contributed by atoms with Crippen LogP contribution in [-0.2, 0) is 11.2 Å². The van der Waals surface area contributed by atoms with E-state index in [0.29, 0.717) is 18.3 Å². The van der Waals surface area contributed by atoms with Crippen molar-refractivity contribution in [2.24, 2.45) is 11.8 Å². The second-order valence-electron chi connectivity index (χ2n) is 7.29. The molecule has 3 aromatic rings. The first kappa shape index (κ1) is 16.3. The first-order chi connectivity index (χ1) is 12.1. The second kappa shape index (κ2) is 6.64. The normalized spacial score (nSPS) is 21.0. The monoisotopic (exact) mass is 353 g/mol. The highest BCUT2D eigenvalue weighted by molar-refractivity contribution is 7.15. The number of nitrogens with zero attached hydrogens (tertiary/aromatic N) is 3. The molecule has 0 bridgehead atoms. The van der Waals surface area contributed by atoms with Crippen molar-refractivity contribution in [2.45, 2.75) is 26.7 Å². The van der Waals surface area contributed by atoms with Gasteiger partial charge in [0, 0.05) is 35.9 Å². The molecule has 5 heteroatoms. The number of carbonyl (C=O) groups excluding carboxylic acids is 1. The van der Waals surface area contributed by atoms with Crippen LogP contribution in [0.3, 0.4) is 0 Å². The number of rotatable bonds is 3. The highest BCUT2D eigenvalue weighted by atomic mass is 32.1. The van der Waals surface area contributed by atoms with Crippen molar-refractivity contribution in [1.29, 1.82) is 0 Å². The summed E-state index contributed by atoms with van der Waals surface area (Å²) in [5, 5.41) is 2.06. The molecule has 2 aromatic heterocycles. The first-order valence-corrected chi connectivity index (χ1v) is 9.77. The molecule has 1 aromatic carbocycles. The molecule has 130 valence electrons. The average molecular weight is 353 g/mol. The van der Waals surface area contributed by atoms with Crippen LogP contribution >= 0.6 is 11.3 Å². The Morgan fingerprint density at radius 1 is 1.20 bits per heavy atom. The molecule has 1 fully saturated rings. The number of aromatic nitrogens is 2. The average Bonchev–Trinajstić information content (AvgIpc) is 3.17. The fraction of sp³-hybridized carbons (Fsp3) is 0.400. The van der Waals surface area contributed by atoms with Gasteiger partial charge in [-0.15, -0.1) is 11.3 Å². The maximum atomic E-state index is 12.8. The van der Waals surface area contributed by atoms with Gasteiger partial charge in [-0.05, 0) is 18.3 Å². The van der Waals surface area contributed by atoms with Crippen molar-refractivity contribution in [3.8, 4) is 11.3 Å². The fourth-order valence-electron chi connectivity index (χ4n) is 3.84. The van der Waals surface area contributed by atoms with E-state index < -0.39 is 0 Å². The van der Waals surface area contributed by atoms with Gasteiger partial charge < -0.3 is 4.90 Å². The molecule has 3 heterocycles. The maximum absolute atomic E-state index is 12.8. The summed E-state index contributed by atoms with van der Waals surface area (Å²) in [5.74, 6) is 1.41. The van der Waals surface area contributed by atoms with E-state index in [-0.39, 0.29) is 5.91 Å². The summed E-state index contributed by atoms with van der Waals surface area (Å²) in [6.07, 6.45) is 3.71. The van der Waals surface area contributed by atoms with E-state index in [9.17, 15) is 4.79 Å². The Balaban J connectivity index is 1.55. The molecule has 0 saturated carbocycles. The lowest BCUT2D eigenvalue weighted by atomic mass is 9.91. The molecule has 0 aliphatic carbocycles. The van der Waals surface area contributed by atoms with Crippen LogP contribution in [0, 0.1) is 11.8 Å². The minimum Gasteiger partial charge on any atom is -0.342 e. The minimum absolute atomic E-state index is 0.230. The molecule has 0 N–H and O–H groups in total. The summed E-state index contributed by atoms with van der Waals surface area (Å²) in [4.78, 5) is 20.5. The number of carbonyl (C=O) groups is 1. The maximum Gasteiger partial charge on any atom is 0.228 e. The molecule has 0 unspecified atom stereocenters. The summed E-state index contributed by atoms with van der Waals surface area (Å²) in [6.45, 7) is 6.24. The van der Waals surface area contributed by atoms with Gasteiger partial charge in [-0.25, -0.2) is 4.98 Å². The number of piperidine rings is 1. The third kappa shape index (κ3) is 3.33.